The predicted molar refractivity (Wildman–Crippen MR) is 122 cm³/mol. The first-order valence-corrected chi connectivity index (χ1v) is 10.6. The number of nitrogens with one attached hydrogen (secondary N) is 1. The molecule has 0 spiro atoms. The van der Waals surface area contributed by atoms with Crippen LogP contribution in [0.15, 0.2) is 60.7 Å². The number of hydrogen-bond acceptors (Lipinski definition) is 5. The number of anilines is 1. The lowest BCUT2D eigenvalue weighted by molar-refractivity contribution is 0.0393. The van der Waals surface area contributed by atoms with Gasteiger partial charge in [0.1, 0.15) is 5.75 Å². The molecule has 0 radical (unpaired) electrons. The molecule has 2 atom stereocenters. The maximum Gasteiger partial charge on any atom is 0.335 e. The number of rotatable bonds is 7. The van der Waals surface area contributed by atoms with E-state index in [-0.39, 0.29) is 17.7 Å². The molecular weight excluding hydrogens is 392 g/mol. The second-order valence-electron chi connectivity index (χ2n) is 7.83. The number of morpholine rings is 1. The van der Waals surface area contributed by atoms with Crippen molar-refractivity contribution in [3.8, 4) is 5.75 Å². The first-order valence-electron chi connectivity index (χ1n) is 10.6. The Hall–Kier alpha value is -3.09. The van der Waals surface area contributed by atoms with Crippen LogP contribution in [0, 0.1) is 0 Å². The third-order valence-electron chi connectivity index (χ3n) is 5.85. The van der Waals surface area contributed by atoms with Gasteiger partial charge in [-0.2, -0.15) is 0 Å². The number of nitrogens with zero attached hydrogens (tertiary/aromatic N) is 1. The summed E-state index contributed by atoms with van der Waals surface area (Å²) in [6.07, 6.45) is 0.0232. The fourth-order valence-corrected chi connectivity index (χ4v) is 4.18. The average Bonchev–Trinajstić information content (AvgIpc) is 2.81. The minimum atomic E-state index is -0.962. The van der Waals surface area contributed by atoms with E-state index in [2.05, 4.69) is 59.6 Å². The van der Waals surface area contributed by atoms with Crippen LogP contribution in [-0.4, -0.2) is 50.5 Å². The van der Waals surface area contributed by atoms with E-state index in [1.165, 1.54) is 16.3 Å². The van der Waals surface area contributed by atoms with Gasteiger partial charge in [0.2, 0.25) is 0 Å². The van der Waals surface area contributed by atoms with Crippen LogP contribution < -0.4 is 15.0 Å². The molecule has 162 valence electrons. The topological polar surface area (TPSA) is 71.0 Å². The van der Waals surface area contributed by atoms with Gasteiger partial charge in [-0.25, -0.2) is 4.79 Å². The summed E-state index contributed by atoms with van der Waals surface area (Å²) >= 11 is 0. The molecule has 0 aromatic heterocycles. The van der Waals surface area contributed by atoms with Crippen molar-refractivity contribution in [1.82, 2.24) is 5.32 Å². The number of carbonyl (C=O) groups is 1. The quantitative estimate of drug-likeness (QED) is 0.600. The normalized spacial score (nSPS) is 17.5. The van der Waals surface area contributed by atoms with Crippen molar-refractivity contribution in [2.24, 2.45) is 0 Å². The molecule has 1 heterocycles. The monoisotopic (exact) mass is 420 g/mol. The molecule has 2 N–H and O–H groups in total. The number of benzene rings is 3. The second kappa shape index (κ2) is 9.37. The zero-order valence-corrected chi connectivity index (χ0v) is 17.9. The van der Waals surface area contributed by atoms with Gasteiger partial charge in [-0.15, -0.1) is 0 Å². The van der Waals surface area contributed by atoms with E-state index >= 15 is 0 Å². The molecule has 0 aliphatic carbocycles. The molecule has 31 heavy (non-hydrogen) atoms. The fraction of sp³-hybridized carbons (Fsp3) is 0.320. The van der Waals surface area contributed by atoms with E-state index in [1.807, 2.05) is 6.07 Å². The first-order chi connectivity index (χ1) is 15.1. The smallest absolute Gasteiger partial charge is 0.335 e. The lowest BCUT2D eigenvalue weighted by Gasteiger charge is -2.36. The first kappa shape index (κ1) is 21.2. The van der Waals surface area contributed by atoms with Crippen LogP contribution in [0.4, 0.5) is 5.69 Å². The van der Waals surface area contributed by atoms with E-state index in [9.17, 15) is 9.90 Å². The third kappa shape index (κ3) is 4.65. The molecule has 6 nitrogen and oxygen atoms in total. The predicted octanol–water partition coefficient (Wildman–Crippen LogP) is 4.10. The largest absolute Gasteiger partial charge is 0.495 e. The highest BCUT2D eigenvalue weighted by Crippen LogP contribution is 2.31. The van der Waals surface area contributed by atoms with Gasteiger partial charge in [0.15, 0.2) is 0 Å². The molecule has 4 rings (SSSR count). The van der Waals surface area contributed by atoms with Crippen LogP contribution in [-0.2, 0) is 4.74 Å². The van der Waals surface area contributed by atoms with Crippen molar-refractivity contribution in [3.05, 3.63) is 71.8 Å². The molecule has 1 aliphatic rings. The Kier molecular flexibility index (Phi) is 6.39. The van der Waals surface area contributed by atoms with Crippen LogP contribution in [0.3, 0.4) is 0 Å². The molecule has 2 unspecified atom stereocenters. The van der Waals surface area contributed by atoms with E-state index in [0.717, 1.165) is 18.8 Å². The second-order valence-corrected chi connectivity index (χ2v) is 7.83. The third-order valence-corrected chi connectivity index (χ3v) is 5.85. The van der Waals surface area contributed by atoms with Gasteiger partial charge in [-0.1, -0.05) is 42.5 Å². The highest BCUT2D eigenvalue weighted by molar-refractivity contribution is 5.89. The average molecular weight is 421 g/mol. The SMILES string of the molecule is COc1cc(C(=O)O)ccc1N1CCOC(CNC(C)c2cccc3ccccc23)C1. The maximum atomic E-state index is 11.3. The minimum Gasteiger partial charge on any atom is -0.495 e. The minimum absolute atomic E-state index is 0.0232. The molecule has 3 aromatic rings. The summed E-state index contributed by atoms with van der Waals surface area (Å²) in [6.45, 7) is 4.95. The number of hydrogen-bond donors (Lipinski definition) is 2. The maximum absolute atomic E-state index is 11.3. The summed E-state index contributed by atoms with van der Waals surface area (Å²) in [5.74, 6) is -0.394. The zero-order valence-electron chi connectivity index (χ0n) is 17.9. The molecule has 0 amide bonds. The summed E-state index contributed by atoms with van der Waals surface area (Å²) < 4.78 is 11.5. The standard InChI is InChI=1S/C25H28N2O4/c1-17(21-9-5-7-18-6-3-4-8-22(18)21)26-15-20-16-27(12-13-31-20)23-11-10-19(25(28)29)14-24(23)30-2/h3-11,14,17,20,26H,12-13,15-16H2,1-2H3,(H,28,29). The molecule has 1 aliphatic heterocycles. The van der Waals surface area contributed by atoms with Crippen molar-refractivity contribution in [2.75, 3.05) is 38.3 Å². The Morgan fingerprint density at radius 2 is 2.03 bits per heavy atom. The highest BCUT2D eigenvalue weighted by Gasteiger charge is 2.24. The Morgan fingerprint density at radius 3 is 2.84 bits per heavy atom. The van der Waals surface area contributed by atoms with Crippen molar-refractivity contribution in [2.45, 2.75) is 19.1 Å². The van der Waals surface area contributed by atoms with Gasteiger partial charge in [0.05, 0.1) is 31.1 Å². The van der Waals surface area contributed by atoms with Crippen LogP contribution >= 0.6 is 0 Å². The van der Waals surface area contributed by atoms with Crippen LogP contribution in [0.5, 0.6) is 5.75 Å². The number of aromatic carboxylic acids is 1. The molecule has 0 saturated carbocycles. The van der Waals surface area contributed by atoms with Crippen molar-refractivity contribution in [1.29, 1.82) is 0 Å². The number of carboxylic acids is 1. The summed E-state index contributed by atoms with van der Waals surface area (Å²) in [4.78, 5) is 13.5. The lowest BCUT2D eigenvalue weighted by atomic mass is 9.99. The molecule has 6 heteroatoms. The molecule has 1 saturated heterocycles. The highest BCUT2D eigenvalue weighted by atomic mass is 16.5. The Bertz CT molecular complexity index is 1060. The molecular formula is C25H28N2O4. The Morgan fingerprint density at radius 1 is 1.23 bits per heavy atom. The Labute approximate surface area is 182 Å². The fourth-order valence-electron chi connectivity index (χ4n) is 4.18. The van der Waals surface area contributed by atoms with Gasteiger partial charge >= 0.3 is 5.97 Å². The molecule has 3 aromatic carbocycles. The summed E-state index contributed by atoms with van der Waals surface area (Å²) in [5.41, 5.74) is 2.38. The number of fused-ring (bicyclic) bond motifs is 1. The van der Waals surface area contributed by atoms with Crippen LogP contribution in [0.2, 0.25) is 0 Å². The van der Waals surface area contributed by atoms with E-state index in [4.69, 9.17) is 9.47 Å². The number of methoxy groups -OCH3 is 1. The van der Waals surface area contributed by atoms with Gasteiger partial charge in [0, 0.05) is 25.7 Å². The number of ether oxygens (including phenoxy) is 2. The van der Waals surface area contributed by atoms with E-state index in [0.29, 0.717) is 18.9 Å². The van der Waals surface area contributed by atoms with Crippen molar-refractivity contribution >= 4 is 22.4 Å². The van der Waals surface area contributed by atoms with Crippen molar-refractivity contribution < 1.29 is 19.4 Å². The summed E-state index contributed by atoms with van der Waals surface area (Å²) in [7, 11) is 1.57. The van der Waals surface area contributed by atoms with Gasteiger partial charge in [-0.3, -0.25) is 0 Å². The van der Waals surface area contributed by atoms with E-state index in [1.54, 1.807) is 19.2 Å². The molecule has 0 bridgehead atoms. The van der Waals surface area contributed by atoms with Crippen LogP contribution in [0.25, 0.3) is 10.8 Å². The van der Waals surface area contributed by atoms with Gasteiger partial charge in [-0.05, 0) is 41.5 Å². The van der Waals surface area contributed by atoms with Crippen LogP contribution in [0.1, 0.15) is 28.9 Å². The summed E-state index contributed by atoms with van der Waals surface area (Å²) in [6, 6.07) is 20.0. The number of carboxylic acid groups (broad SMARTS) is 1. The van der Waals surface area contributed by atoms with Gasteiger partial charge in [0.25, 0.3) is 0 Å². The van der Waals surface area contributed by atoms with Gasteiger partial charge < -0.3 is 24.8 Å². The van der Waals surface area contributed by atoms with Crippen molar-refractivity contribution in [3.63, 3.8) is 0 Å². The molecule has 1 fully saturated rings. The Balaban J connectivity index is 1.43. The summed E-state index contributed by atoms with van der Waals surface area (Å²) in [5, 5.41) is 15.4. The zero-order chi connectivity index (χ0) is 21.8. The lowest BCUT2D eigenvalue weighted by Crippen LogP contribution is -2.47. The van der Waals surface area contributed by atoms with E-state index < -0.39 is 5.97 Å².